The lowest BCUT2D eigenvalue weighted by Gasteiger charge is -2.35. The van der Waals surface area contributed by atoms with Crippen LogP contribution in [0.5, 0.6) is 5.75 Å². The van der Waals surface area contributed by atoms with Crippen molar-refractivity contribution in [1.29, 1.82) is 0 Å². The number of alkyl halides is 1. The summed E-state index contributed by atoms with van der Waals surface area (Å²) in [6.07, 6.45) is 2.23. The summed E-state index contributed by atoms with van der Waals surface area (Å²) in [5, 5.41) is 5.51. The summed E-state index contributed by atoms with van der Waals surface area (Å²) in [7, 11) is 0. The second-order valence-corrected chi connectivity index (χ2v) is 6.41. The van der Waals surface area contributed by atoms with Gasteiger partial charge < -0.3 is 9.64 Å². The zero-order chi connectivity index (χ0) is 16.9. The van der Waals surface area contributed by atoms with E-state index in [4.69, 9.17) is 28.6 Å². The van der Waals surface area contributed by atoms with Gasteiger partial charge in [0.15, 0.2) is 5.11 Å². The van der Waals surface area contributed by atoms with Gasteiger partial charge in [0.2, 0.25) is 0 Å². The maximum Gasteiger partial charge on any atom is 0.189 e. The molecule has 1 aromatic rings. The lowest BCUT2D eigenvalue weighted by Crippen LogP contribution is -2.51. The predicted molar refractivity (Wildman–Crippen MR) is 95.6 cm³/mol. The monoisotopic (exact) mass is 371 g/mol. The fraction of sp³-hybridized carbons (Fsp3) is 0.533. The summed E-state index contributed by atoms with van der Waals surface area (Å²) in [4.78, 5) is 8.43. The van der Waals surface area contributed by atoms with E-state index in [0.717, 1.165) is 31.9 Å². The molecular weight excluding hydrogens is 353 g/mol. The fourth-order valence-corrected chi connectivity index (χ4v) is 3.09. The Morgan fingerprint density at radius 2 is 2.21 bits per heavy atom. The first-order valence-electron chi connectivity index (χ1n) is 7.86. The van der Waals surface area contributed by atoms with Crippen molar-refractivity contribution in [1.82, 2.24) is 20.2 Å². The first kappa shape index (κ1) is 17.3. The van der Waals surface area contributed by atoms with Gasteiger partial charge >= 0.3 is 0 Å². The largest absolute Gasteiger partial charge is 0.491 e. The first-order valence-corrected chi connectivity index (χ1v) is 8.64. The zero-order valence-electron chi connectivity index (χ0n) is 13.2. The van der Waals surface area contributed by atoms with E-state index < -0.39 is 0 Å². The Morgan fingerprint density at radius 1 is 1.42 bits per heavy atom. The molecule has 1 aromatic heterocycles. The highest BCUT2D eigenvalue weighted by Gasteiger charge is 2.21. The van der Waals surface area contributed by atoms with Crippen molar-refractivity contribution >= 4 is 34.6 Å². The number of ether oxygens (including phenoxy) is 1. The molecule has 6 nitrogen and oxygen atoms in total. The Balaban J connectivity index is 1.60. The maximum atomic E-state index is 12.4. The Bertz CT molecular complexity index is 636. The smallest absolute Gasteiger partial charge is 0.189 e. The molecule has 0 atom stereocenters. The number of aromatic nitrogens is 1. The maximum absolute atomic E-state index is 12.4. The minimum absolute atomic E-state index is 0.311. The molecule has 24 heavy (non-hydrogen) atoms. The highest BCUT2D eigenvalue weighted by molar-refractivity contribution is 7.80. The van der Waals surface area contributed by atoms with Crippen molar-refractivity contribution in [2.24, 2.45) is 5.10 Å². The molecule has 130 valence electrons. The number of halogens is 2. The molecule has 0 amide bonds. The normalized spacial score (nSPS) is 19.8. The highest BCUT2D eigenvalue weighted by atomic mass is 35.5. The molecule has 0 aliphatic carbocycles. The molecule has 3 rings (SSSR count). The van der Waals surface area contributed by atoms with Crippen LogP contribution in [0.4, 0.5) is 4.39 Å². The number of rotatable bonds is 3. The van der Waals surface area contributed by atoms with Crippen LogP contribution in [0.1, 0.15) is 12.1 Å². The molecule has 3 heterocycles. The van der Waals surface area contributed by atoms with Crippen LogP contribution in [0.15, 0.2) is 17.4 Å². The lowest BCUT2D eigenvalue weighted by molar-refractivity contribution is 0.170. The van der Waals surface area contributed by atoms with Crippen LogP contribution in [0.25, 0.3) is 0 Å². The summed E-state index contributed by atoms with van der Waals surface area (Å²) in [5.41, 5.74) is 4.43. The number of hydrazone groups is 1. The van der Waals surface area contributed by atoms with Crippen molar-refractivity contribution in [2.45, 2.75) is 6.42 Å². The van der Waals surface area contributed by atoms with Crippen molar-refractivity contribution in [3.63, 3.8) is 0 Å². The molecule has 1 fully saturated rings. The van der Waals surface area contributed by atoms with Crippen molar-refractivity contribution in [3.05, 3.63) is 23.0 Å². The molecule has 9 heteroatoms. The summed E-state index contributed by atoms with van der Waals surface area (Å²) < 4.78 is 17.9. The SMILES string of the molecule is FCCN1CCN(C(=S)N/N=C2/CCOc3cc(Cl)cnc32)CC1. The third kappa shape index (κ3) is 4.12. The molecule has 2 aliphatic rings. The number of pyridine rings is 1. The summed E-state index contributed by atoms with van der Waals surface area (Å²) in [6, 6.07) is 1.74. The number of hydrogen-bond acceptors (Lipinski definition) is 5. The van der Waals surface area contributed by atoms with Gasteiger partial charge in [0.25, 0.3) is 0 Å². The number of fused-ring (bicyclic) bond motifs is 1. The average molecular weight is 372 g/mol. The molecule has 0 unspecified atom stereocenters. The Labute approximate surface area is 150 Å². The third-order valence-electron chi connectivity index (χ3n) is 4.04. The zero-order valence-corrected chi connectivity index (χ0v) is 14.7. The van der Waals surface area contributed by atoms with Crippen LogP contribution in [-0.2, 0) is 0 Å². The number of nitrogens with one attached hydrogen (secondary N) is 1. The summed E-state index contributed by atoms with van der Waals surface area (Å²) >= 11 is 11.3. The summed E-state index contributed by atoms with van der Waals surface area (Å²) in [5.74, 6) is 0.639. The standard InChI is InChI=1S/C15H19ClFN5OS/c16-11-9-13-14(18-10-11)12(1-8-23-13)19-20-15(24)22-6-4-21(3-2-17)5-7-22/h9-10H,1-8H2,(H,20,24)/b19-12-. The fourth-order valence-electron chi connectivity index (χ4n) is 2.71. The number of nitrogens with zero attached hydrogens (tertiary/aromatic N) is 4. The van der Waals surface area contributed by atoms with E-state index >= 15 is 0 Å². The number of hydrogen-bond donors (Lipinski definition) is 1. The lowest BCUT2D eigenvalue weighted by atomic mass is 10.1. The number of piperazine rings is 1. The van der Waals surface area contributed by atoms with E-state index in [-0.39, 0.29) is 6.67 Å². The molecular formula is C15H19ClFN5OS. The van der Waals surface area contributed by atoms with Gasteiger partial charge in [-0.3, -0.25) is 10.3 Å². The highest BCUT2D eigenvalue weighted by Crippen LogP contribution is 2.25. The first-order chi connectivity index (χ1) is 11.7. The van der Waals surface area contributed by atoms with Gasteiger partial charge in [0, 0.05) is 51.4 Å². The van der Waals surface area contributed by atoms with E-state index in [1.165, 1.54) is 0 Å². The molecule has 0 saturated carbocycles. The quantitative estimate of drug-likeness (QED) is 0.644. The van der Waals surface area contributed by atoms with Gasteiger partial charge in [-0.2, -0.15) is 5.10 Å². The second kappa shape index (κ2) is 8.04. The second-order valence-electron chi connectivity index (χ2n) is 5.59. The Hall–Kier alpha value is -1.51. The van der Waals surface area contributed by atoms with Crippen LogP contribution in [0, 0.1) is 0 Å². The van der Waals surface area contributed by atoms with Gasteiger partial charge in [0.05, 0.1) is 17.3 Å². The van der Waals surface area contributed by atoms with Crippen LogP contribution in [-0.4, -0.2) is 71.6 Å². The van der Waals surface area contributed by atoms with E-state index in [1.54, 1.807) is 12.3 Å². The van der Waals surface area contributed by atoms with Crippen LogP contribution in [0.2, 0.25) is 5.02 Å². The van der Waals surface area contributed by atoms with E-state index in [2.05, 4.69) is 20.4 Å². The average Bonchev–Trinajstić information content (AvgIpc) is 2.60. The predicted octanol–water partition coefficient (Wildman–Crippen LogP) is 1.68. The number of thiocarbonyl (C=S) groups is 1. The van der Waals surface area contributed by atoms with Gasteiger partial charge in [-0.15, -0.1) is 0 Å². The van der Waals surface area contributed by atoms with E-state index in [0.29, 0.717) is 41.2 Å². The van der Waals surface area contributed by atoms with E-state index in [9.17, 15) is 4.39 Å². The van der Waals surface area contributed by atoms with Gasteiger partial charge in [0.1, 0.15) is 18.1 Å². The van der Waals surface area contributed by atoms with Crippen LogP contribution >= 0.6 is 23.8 Å². The van der Waals surface area contributed by atoms with E-state index in [1.807, 2.05) is 4.90 Å². The van der Waals surface area contributed by atoms with Crippen molar-refractivity contribution in [2.75, 3.05) is 46.0 Å². The molecule has 1 N–H and O–H groups in total. The van der Waals surface area contributed by atoms with Crippen molar-refractivity contribution in [3.8, 4) is 5.75 Å². The van der Waals surface area contributed by atoms with Gasteiger partial charge in [-0.05, 0) is 12.2 Å². The molecule has 0 bridgehead atoms. The van der Waals surface area contributed by atoms with Crippen LogP contribution < -0.4 is 10.2 Å². The molecule has 2 aliphatic heterocycles. The molecule has 0 radical (unpaired) electrons. The third-order valence-corrected chi connectivity index (χ3v) is 4.59. The van der Waals surface area contributed by atoms with Gasteiger partial charge in [-0.25, -0.2) is 9.37 Å². The molecule has 0 spiro atoms. The Morgan fingerprint density at radius 3 is 2.96 bits per heavy atom. The minimum Gasteiger partial charge on any atom is -0.491 e. The van der Waals surface area contributed by atoms with Crippen LogP contribution in [0.3, 0.4) is 0 Å². The van der Waals surface area contributed by atoms with Crippen molar-refractivity contribution < 1.29 is 9.13 Å². The molecule has 0 aromatic carbocycles. The molecule has 1 saturated heterocycles. The minimum atomic E-state index is -0.311. The summed E-state index contributed by atoms with van der Waals surface area (Å²) in [6.45, 7) is 3.85. The topological polar surface area (TPSA) is 53.0 Å². The van der Waals surface area contributed by atoms with Gasteiger partial charge in [-0.1, -0.05) is 11.6 Å². The Kier molecular flexibility index (Phi) is 5.80.